The van der Waals surface area contributed by atoms with E-state index in [2.05, 4.69) is 20.9 Å². The molecule has 0 bridgehead atoms. The lowest BCUT2D eigenvalue weighted by Gasteiger charge is -2.06. The molecule has 0 aliphatic heterocycles. The molecule has 0 saturated heterocycles. The van der Waals surface area contributed by atoms with Crippen molar-refractivity contribution >= 4 is 60.7 Å². The minimum Gasteiger partial charge on any atom is -0.465 e. The minimum absolute atomic E-state index is 0.296. The first-order valence-corrected chi connectivity index (χ1v) is 10.6. The summed E-state index contributed by atoms with van der Waals surface area (Å²) in [5.41, 5.74) is 1.36. The van der Waals surface area contributed by atoms with Crippen LogP contribution in [-0.4, -0.2) is 36.8 Å². The topological polar surface area (TPSA) is 69.9 Å². The van der Waals surface area contributed by atoms with Crippen molar-refractivity contribution in [2.75, 3.05) is 20.3 Å². The second-order valence-electron chi connectivity index (χ2n) is 5.43. The van der Waals surface area contributed by atoms with E-state index in [1.807, 2.05) is 23.6 Å². The summed E-state index contributed by atoms with van der Waals surface area (Å²) in [6.07, 6.45) is 0. The molecule has 6 nitrogen and oxygen atoms in total. The van der Waals surface area contributed by atoms with E-state index in [-0.39, 0.29) is 5.91 Å². The zero-order valence-corrected chi connectivity index (χ0v) is 17.9. The van der Waals surface area contributed by atoms with E-state index in [1.165, 1.54) is 29.8 Å². The second-order valence-corrected chi connectivity index (χ2v) is 8.90. The van der Waals surface area contributed by atoms with Crippen LogP contribution >= 0.6 is 38.6 Å². The highest BCUT2D eigenvalue weighted by molar-refractivity contribution is 9.11. The molecular formula is C18H17BrN2O4S2. The molecule has 1 aromatic carbocycles. The van der Waals surface area contributed by atoms with Crippen LogP contribution in [0, 0.1) is 0 Å². The number of ether oxygens (including phenoxy) is 2. The van der Waals surface area contributed by atoms with Gasteiger partial charge >= 0.3 is 5.97 Å². The Morgan fingerprint density at radius 1 is 1.22 bits per heavy atom. The number of carbonyl (C=O) groups excluding carboxylic acids is 2. The molecule has 9 heteroatoms. The van der Waals surface area contributed by atoms with Gasteiger partial charge in [0.25, 0.3) is 5.91 Å². The van der Waals surface area contributed by atoms with Crippen LogP contribution in [0.3, 0.4) is 0 Å². The van der Waals surface area contributed by atoms with Gasteiger partial charge in [0.1, 0.15) is 0 Å². The van der Waals surface area contributed by atoms with E-state index >= 15 is 0 Å². The molecule has 0 radical (unpaired) electrons. The van der Waals surface area contributed by atoms with Crippen LogP contribution in [0.2, 0.25) is 0 Å². The van der Waals surface area contributed by atoms with E-state index in [1.54, 1.807) is 18.2 Å². The lowest BCUT2D eigenvalue weighted by atomic mass is 10.2. The molecule has 2 aromatic heterocycles. The summed E-state index contributed by atoms with van der Waals surface area (Å²) in [4.78, 5) is 29.8. The number of hydrogen-bond acceptors (Lipinski definition) is 6. The number of rotatable bonds is 6. The highest BCUT2D eigenvalue weighted by atomic mass is 79.9. The number of thiophene rings is 1. The number of methoxy groups -OCH3 is 1. The maximum atomic E-state index is 12.5. The summed E-state index contributed by atoms with van der Waals surface area (Å²) in [6.45, 7) is 3.62. The number of thiazole rings is 1. The quantitative estimate of drug-likeness (QED) is 0.403. The molecule has 0 atom stereocenters. The fraction of sp³-hybridized carbons (Fsp3) is 0.278. The molecule has 142 valence electrons. The van der Waals surface area contributed by atoms with Crippen LogP contribution in [0.5, 0.6) is 0 Å². The average molecular weight is 469 g/mol. The van der Waals surface area contributed by atoms with Crippen molar-refractivity contribution in [3.63, 3.8) is 0 Å². The van der Waals surface area contributed by atoms with Gasteiger partial charge in [-0.2, -0.15) is 4.99 Å². The van der Waals surface area contributed by atoms with Gasteiger partial charge in [0.2, 0.25) is 0 Å². The first kappa shape index (κ1) is 19.9. The van der Waals surface area contributed by atoms with Crippen molar-refractivity contribution in [1.82, 2.24) is 4.57 Å². The lowest BCUT2D eigenvalue weighted by molar-refractivity contribution is 0.0600. The number of hydrogen-bond donors (Lipinski definition) is 0. The van der Waals surface area contributed by atoms with E-state index in [4.69, 9.17) is 9.47 Å². The molecule has 1 amide bonds. The van der Waals surface area contributed by atoms with E-state index in [9.17, 15) is 9.59 Å². The smallest absolute Gasteiger partial charge is 0.337 e. The third-order valence-electron chi connectivity index (χ3n) is 3.75. The van der Waals surface area contributed by atoms with Gasteiger partial charge in [-0.3, -0.25) is 4.79 Å². The van der Waals surface area contributed by atoms with Gasteiger partial charge in [-0.05, 0) is 53.2 Å². The molecular weight excluding hydrogens is 452 g/mol. The molecule has 2 heterocycles. The summed E-state index contributed by atoms with van der Waals surface area (Å²) in [6, 6.07) is 8.88. The SMILES string of the molecule is CCOCCn1c(=NC(=O)c2ccc(Br)s2)sc2cc(C(=O)OC)ccc21. The number of benzene rings is 1. The third kappa shape index (κ3) is 4.55. The van der Waals surface area contributed by atoms with Crippen molar-refractivity contribution in [3.8, 4) is 0 Å². The summed E-state index contributed by atoms with van der Waals surface area (Å²) < 4.78 is 13.9. The molecule has 3 rings (SSSR count). The fourth-order valence-electron chi connectivity index (χ4n) is 2.49. The number of nitrogens with zero attached hydrogens (tertiary/aromatic N) is 2. The standard InChI is InChI=1S/C18H17BrN2O4S2/c1-3-25-9-8-21-12-5-4-11(17(23)24-2)10-14(12)27-18(21)20-16(22)13-6-7-15(19)26-13/h4-7,10H,3,8-9H2,1-2H3. The number of esters is 1. The van der Waals surface area contributed by atoms with Crippen molar-refractivity contribution in [2.45, 2.75) is 13.5 Å². The maximum Gasteiger partial charge on any atom is 0.337 e. The van der Waals surface area contributed by atoms with Crippen LogP contribution in [-0.2, 0) is 16.0 Å². The Hall–Kier alpha value is -1.81. The Morgan fingerprint density at radius 2 is 2.04 bits per heavy atom. The molecule has 0 fully saturated rings. The molecule has 0 spiro atoms. The van der Waals surface area contributed by atoms with Crippen LogP contribution < -0.4 is 4.80 Å². The van der Waals surface area contributed by atoms with Crippen LogP contribution in [0.15, 0.2) is 39.1 Å². The minimum atomic E-state index is -0.399. The fourth-order valence-corrected chi connectivity index (χ4v) is 4.86. The summed E-state index contributed by atoms with van der Waals surface area (Å²) in [5.74, 6) is -0.695. The van der Waals surface area contributed by atoms with Gasteiger partial charge in [-0.25, -0.2) is 4.79 Å². The molecule has 0 aliphatic carbocycles. The van der Waals surface area contributed by atoms with Gasteiger partial charge in [-0.15, -0.1) is 11.3 Å². The monoisotopic (exact) mass is 468 g/mol. The van der Waals surface area contributed by atoms with Gasteiger partial charge in [0.05, 0.1) is 38.2 Å². The molecule has 0 aliphatic rings. The molecule has 0 N–H and O–H groups in total. The van der Waals surface area contributed by atoms with Crippen LogP contribution in [0.4, 0.5) is 0 Å². The highest BCUT2D eigenvalue weighted by Crippen LogP contribution is 2.23. The zero-order chi connectivity index (χ0) is 19.4. The Bertz CT molecular complexity index is 1050. The Balaban J connectivity index is 2.08. The average Bonchev–Trinajstić information content (AvgIpc) is 3.24. The Kier molecular flexibility index (Phi) is 6.59. The Labute approximate surface area is 172 Å². The van der Waals surface area contributed by atoms with Crippen LogP contribution in [0.1, 0.15) is 27.0 Å². The summed E-state index contributed by atoms with van der Waals surface area (Å²) >= 11 is 6.06. The maximum absolute atomic E-state index is 12.5. The molecule has 3 aromatic rings. The van der Waals surface area contributed by atoms with Gasteiger partial charge in [0, 0.05) is 13.2 Å². The van der Waals surface area contributed by atoms with Gasteiger partial charge in [-0.1, -0.05) is 11.3 Å². The second kappa shape index (κ2) is 8.92. The normalized spacial score (nSPS) is 11.9. The van der Waals surface area contributed by atoms with Crippen molar-refractivity contribution < 1.29 is 19.1 Å². The predicted octanol–water partition coefficient (Wildman–Crippen LogP) is 4.09. The van der Waals surface area contributed by atoms with E-state index in [0.717, 1.165) is 14.0 Å². The first-order valence-electron chi connectivity index (χ1n) is 8.17. The van der Waals surface area contributed by atoms with Crippen LogP contribution in [0.25, 0.3) is 10.2 Å². The largest absolute Gasteiger partial charge is 0.465 e. The predicted molar refractivity (Wildman–Crippen MR) is 110 cm³/mol. The van der Waals surface area contributed by atoms with Crippen molar-refractivity contribution in [2.24, 2.45) is 4.99 Å². The number of carbonyl (C=O) groups is 2. The summed E-state index contributed by atoms with van der Waals surface area (Å²) in [7, 11) is 1.35. The molecule has 0 saturated carbocycles. The molecule has 27 heavy (non-hydrogen) atoms. The first-order chi connectivity index (χ1) is 13.0. The number of aromatic nitrogens is 1. The van der Waals surface area contributed by atoms with E-state index < -0.39 is 5.97 Å². The number of halogens is 1. The van der Waals surface area contributed by atoms with Crippen molar-refractivity contribution in [3.05, 3.63) is 49.4 Å². The summed E-state index contributed by atoms with van der Waals surface area (Å²) in [5, 5.41) is 0. The van der Waals surface area contributed by atoms with Gasteiger partial charge < -0.3 is 14.0 Å². The van der Waals surface area contributed by atoms with Gasteiger partial charge in [0.15, 0.2) is 4.80 Å². The number of fused-ring (bicyclic) bond motifs is 1. The highest BCUT2D eigenvalue weighted by Gasteiger charge is 2.13. The van der Waals surface area contributed by atoms with Crippen molar-refractivity contribution in [1.29, 1.82) is 0 Å². The molecule has 0 unspecified atom stereocenters. The Morgan fingerprint density at radius 3 is 2.70 bits per heavy atom. The van der Waals surface area contributed by atoms with E-state index in [0.29, 0.717) is 35.0 Å². The third-order valence-corrected chi connectivity index (χ3v) is 6.40. The lowest BCUT2D eigenvalue weighted by Crippen LogP contribution is -2.19. The number of amides is 1. The zero-order valence-electron chi connectivity index (χ0n) is 14.7.